The first-order chi connectivity index (χ1) is 17.9. The second-order valence-corrected chi connectivity index (χ2v) is 12.0. The number of anilines is 1. The fourth-order valence-electron chi connectivity index (χ4n) is 5.34. The number of rotatable bonds is 5. The van der Waals surface area contributed by atoms with Crippen LogP contribution in [0.1, 0.15) is 44.2 Å². The molecule has 1 aliphatic heterocycles. The molecule has 0 radical (unpaired) electrons. The lowest BCUT2D eigenvalue weighted by Gasteiger charge is -2.37. The van der Waals surface area contributed by atoms with E-state index in [0.29, 0.717) is 17.1 Å². The van der Waals surface area contributed by atoms with Crippen LogP contribution in [0.25, 0.3) is 0 Å². The molecule has 198 valence electrons. The second-order valence-electron chi connectivity index (χ2n) is 10.7. The summed E-state index contributed by atoms with van der Waals surface area (Å²) in [6, 6.07) is 15.5. The van der Waals surface area contributed by atoms with Gasteiger partial charge in [-0.05, 0) is 53.8 Å². The minimum absolute atomic E-state index is 0.0218. The largest absolute Gasteiger partial charge is 0.325 e. The number of halogens is 5. The highest BCUT2D eigenvalue weighted by atomic mass is 35.5. The van der Waals surface area contributed by atoms with E-state index in [1.165, 1.54) is 24.3 Å². The van der Waals surface area contributed by atoms with E-state index in [1.54, 1.807) is 30.3 Å². The fourth-order valence-corrected chi connectivity index (χ4v) is 5.87. The lowest BCUT2D eigenvalue weighted by molar-refractivity contribution is -0.118. The standard InChI is InChI=1S/C29H26Cl3F2N3O/c1-28(2,3)14-23-29(15-35,20-11-10-17(31)13-22(20)33)24(19-8-5-9-21(32)25(19)34)26(37-23)27(38)36-18-7-4-6-16(30)12-18/h4-13,23-24,26,37H,14H2,1-3H3,(H,36,38)/t23?,24?,26-,29+/m1/s1. The van der Waals surface area contributed by atoms with Gasteiger partial charge in [0.1, 0.15) is 17.0 Å². The quantitative estimate of drug-likeness (QED) is 0.325. The normalized spacial score (nSPS) is 23.2. The van der Waals surface area contributed by atoms with Crippen molar-refractivity contribution in [2.75, 3.05) is 5.32 Å². The number of carbonyl (C=O) groups excluding carboxylic acids is 1. The predicted molar refractivity (Wildman–Crippen MR) is 148 cm³/mol. The van der Waals surface area contributed by atoms with Gasteiger partial charge in [0.25, 0.3) is 0 Å². The molecule has 0 saturated carbocycles. The Morgan fingerprint density at radius 1 is 1.05 bits per heavy atom. The van der Waals surface area contributed by atoms with Gasteiger partial charge in [-0.1, -0.05) is 79.8 Å². The maximum absolute atomic E-state index is 15.7. The Labute approximate surface area is 235 Å². The van der Waals surface area contributed by atoms with Crippen LogP contribution in [-0.4, -0.2) is 18.0 Å². The molecular formula is C29H26Cl3F2N3O. The fraction of sp³-hybridized carbons (Fsp3) is 0.310. The minimum atomic E-state index is -1.69. The Bertz CT molecular complexity index is 1420. The van der Waals surface area contributed by atoms with Gasteiger partial charge in [0.05, 0.1) is 17.1 Å². The van der Waals surface area contributed by atoms with Gasteiger partial charge in [-0.3, -0.25) is 4.79 Å². The first kappa shape index (κ1) is 28.3. The number of hydrogen-bond acceptors (Lipinski definition) is 3. The molecule has 1 aliphatic rings. The number of carbonyl (C=O) groups is 1. The molecule has 3 aromatic carbocycles. The zero-order valence-electron chi connectivity index (χ0n) is 21.0. The Morgan fingerprint density at radius 2 is 1.74 bits per heavy atom. The van der Waals surface area contributed by atoms with Crippen LogP contribution in [0.5, 0.6) is 0 Å². The van der Waals surface area contributed by atoms with Crippen molar-refractivity contribution in [3.63, 3.8) is 0 Å². The van der Waals surface area contributed by atoms with Crippen LogP contribution in [0.15, 0.2) is 60.7 Å². The Morgan fingerprint density at radius 3 is 2.37 bits per heavy atom. The summed E-state index contributed by atoms with van der Waals surface area (Å²) in [5, 5.41) is 17.4. The highest BCUT2D eigenvalue weighted by Gasteiger charge is 2.61. The van der Waals surface area contributed by atoms with Gasteiger partial charge in [0.2, 0.25) is 5.91 Å². The third-order valence-electron chi connectivity index (χ3n) is 6.82. The van der Waals surface area contributed by atoms with E-state index in [9.17, 15) is 10.1 Å². The van der Waals surface area contributed by atoms with Crippen LogP contribution in [0.3, 0.4) is 0 Å². The van der Waals surface area contributed by atoms with Gasteiger partial charge in [-0.25, -0.2) is 8.78 Å². The van der Waals surface area contributed by atoms with E-state index >= 15 is 8.78 Å². The van der Waals surface area contributed by atoms with Crippen LogP contribution < -0.4 is 10.6 Å². The third kappa shape index (κ3) is 5.39. The van der Waals surface area contributed by atoms with Crippen molar-refractivity contribution in [1.82, 2.24) is 5.32 Å². The number of hydrogen-bond donors (Lipinski definition) is 2. The summed E-state index contributed by atoms with van der Waals surface area (Å²) < 4.78 is 31.3. The monoisotopic (exact) mass is 575 g/mol. The summed E-state index contributed by atoms with van der Waals surface area (Å²) >= 11 is 18.3. The predicted octanol–water partition coefficient (Wildman–Crippen LogP) is 7.89. The summed E-state index contributed by atoms with van der Waals surface area (Å²) in [6.45, 7) is 5.93. The van der Waals surface area contributed by atoms with Crippen molar-refractivity contribution in [3.05, 3.63) is 98.5 Å². The third-order valence-corrected chi connectivity index (χ3v) is 7.59. The number of amides is 1. The lowest BCUT2D eigenvalue weighted by Crippen LogP contribution is -2.45. The Balaban J connectivity index is 1.97. The van der Waals surface area contributed by atoms with Gasteiger partial charge < -0.3 is 10.6 Å². The van der Waals surface area contributed by atoms with Gasteiger partial charge in [0, 0.05) is 33.3 Å². The molecule has 2 N–H and O–H groups in total. The maximum atomic E-state index is 15.7. The molecule has 1 fully saturated rings. The van der Waals surface area contributed by atoms with E-state index < -0.39 is 41.0 Å². The lowest BCUT2D eigenvalue weighted by atomic mass is 9.62. The summed E-state index contributed by atoms with van der Waals surface area (Å²) in [5.74, 6) is -3.16. The van der Waals surface area contributed by atoms with Gasteiger partial charge in [-0.2, -0.15) is 5.26 Å². The van der Waals surface area contributed by atoms with Gasteiger partial charge in [-0.15, -0.1) is 0 Å². The number of nitrogens with zero attached hydrogens (tertiary/aromatic N) is 1. The zero-order valence-corrected chi connectivity index (χ0v) is 23.2. The number of nitrogens with one attached hydrogen (secondary N) is 2. The molecule has 9 heteroatoms. The molecule has 0 spiro atoms. The molecule has 0 aromatic heterocycles. The SMILES string of the molecule is CC(C)(C)CC1N[C@@H](C(=O)Nc2cccc(Cl)c2)C(c2cccc(Cl)c2F)[C@@]1(C#N)c1ccc(Cl)cc1F. The molecule has 4 atom stereocenters. The van der Waals surface area contributed by atoms with E-state index in [0.717, 1.165) is 6.07 Å². The number of nitriles is 1. The molecule has 2 unspecified atom stereocenters. The summed E-state index contributed by atoms with van der Waals surface area (Å²) in [6.07, 6.45) is 0.377. The molecule has 38 heavy (non-hydrogen) atoms. The van der Waals surface area contributed by atoms with Crippen molar-refractivity contribution in [1.29, 1.82) is 5.26 Å². The van der Waals surface area contributed by atoms with Crippen LogP contribution in [-0.2, 0) is 10.2 Å². The van der Waals surface area contributed by atoms with E-state index in [1.807, 2.05) is 20.8 Å². The van der Waals surface area contributed by atoms with Crippen molar-refractivity contribution in [2.24, 2.45) is 5.41 Å². The van der Waals surface area contributed by atoms with Crippen LogP contribution in [0.4, 0.5) is 14.5 Å². The molecule has 4 rings (SSSR count). The van der Waals surface area contributed by atoms with E-state index in [2.05, 4.69) is 16.7 Å². The molecule has 1 amide bonds. The Hall–Kier alpha value is -2.69. The molecule has 0 aliphatic carbocycles. The first-order valence-electron chi connectivity index (χ1n) is 12.0. The highest BCUT2D eigenvalue weighted by Crippen LogP contribution is 2.52. The first-order valence-corrected chi connectivity index (χ1v) is 13.1. The smallest absolute Gasteiger partial charge is 0.242 e. The topological polar surface area (TPSA) is 64.9 Å². The van der Waals surface area contributed by atoms with Crippen LogP contribution in [0, 0.1) is 28.4 Å². The molecule has 4 nitrogen and oxygen atoms in total. The average Bonchev–Trinajstić information content (AvgIpc) is 3.14. The molecule has 0 bridgehead atoms. The van der Waals surface area contributed by atoms with Crippen LogP contribution >= 0.6 is 34.8 Å². The summed E-state index contributed by atoms with van der Waals surface area (Å²) in [7, 11) is 0. The molecular weight excluding hydrogens is 551 g/mol. The summed E-state index contributed by atoms with van der Waals surface area (Å²) in [5.41, 5.74) is -1.55. The average molecular weight is 577 g/mol. The maximum Gasteiger partial charge on any atom is 0.242 e. The molecule has 3 aromatic rings. The Kier molecular flexibility index (Phi) is 8.07. The molecule has 1 heterocycles. The van der Waals surface area contributed by atoms with Gasteiger partial charge >= 0.3 is 0 Å². The van der Waals surface area contributed by atoms with Crippen LogP contribution in [0.2, 0.25) is 15.1 Å². The van der Waals surface area contributed by atoms with Crippen molar-refractivity contribution < 1.29 is 13.6 Å². The molecule has 1 saturated heterocycles. The highest BCUT2D eigenvalue weighted by molar-refractivity contribution is 6.31. The van der Waals surface area contributed by atoms with E-state index in [-0.39, 0.29) is 26.6 Å². The van der Waals surface area contributed by atoms with Crippen molar-refractivity contribution in [2.45, 2.75) is 50.6 Å². The van der Waals surface area contributed by atoms with Crippen molar-refractivity contribution >= 4 is 46.4 Å². The van der Waals surface area contributed by atoms with Crippen molar-refractivity contribution in [3.8, 4) is 6.07 Å². The zero-order chi connectivity index (χ0) is 27.8. The number of benzene rings is 3. The van der Waals surface area contributed by atoms with E-state index in [4.69, 9.17) is 34.8 Å². The minimum Gasteiger partial charge on any atom is -0.325 e. The van der Waals surface area contributed by atoms with Gasteiger partial charge in [0.15, 0.2) is 0 Å². The summed E-state index contributed by atoms with van der Waals surface area (Å²) in [4.78, 5) is 13.8. The second kappa shape index (κ2) is 10.8.